The maximum absolute atomic E-state index is 12.6. The molecular formula is C16H16ClNO3S. The van der Waals surface area contributed by atoms with Gasteiger partial charge in [-0.15, -0.1) is 0 Å². The lowest BCUT2D eigenvalue weighted by molar-refractivity contribution is 0.101. The molecule has 0 aliphatic heterocycles. The van der Waals surface area contributed by atoms with Crippen molar-refractivity contribution in [1.82, 2.24) is 4.31 Å². The molecule has 6 heteroatoms. The molecule has 2 aromatic carbocycles. The van der Waals surface area contributed by atoms with Crippen LogP contribution in [0.2, 0.25) is 5.02 Å². The molecule has 0 aliphatic rings. The van der Waals surface area contributed by atoms with Gasteiger partial charge in [0.25, 0.3) is 0 Å². The number of benzene rings is 2. The molecule has 0 radical (unpaired) electrons. The number of sulfonamides is 1. The van der Waals surface area contributed by atoms with Gasteiger partial charge < -0.3 is 0 Å². The van der Waals surface area contributed by atoms with Gasteiger partial charge in [0.05, 0.1) is 4.90 Å². The Kier molecular flexibility index (Phi) is 5.01. The van der Waals surface area contributed by atoms with E-state index < -0.39 is 10.0 Å². The van der Waals surface area contributed by atoms with Crippen molar-refractivity contribution in [2.45, 2.75) is 18.4 Å². The summed E-state index contributed by atoms with van der Waals surface area (Å²) < 4.78 is 26.4. The predicted octanol–water partition coefficient (Wildman–Crippen LogP) is 3.36. The second-order valence-electron chi connectivity index (χ2n) is 4.97. The lowest BCUT2D eigenvalue weighted by Crippen LogP contribution is -2.26. The highest BCUT2D eigenvalue weighted by molar-refractivity contribution is 7.89. The maximum Gasteiger partial charge on any atom is 0.243 e. The molecule has 0 spiro atoms. The van der Waals surface area contributed by atoms with Gasteiger partial charge in [0.15, 0.2) is 5.78 Å². The molecule has 0 unspecified atom stereocenters. The number of carbonyl (C=O) groups excluding carboxylic acids is 1. The zero-order valence-electron chi connectivity index (χ0n) is 12.3. The molecular weight excluding hydrogens is 322 g/mol. The van der Waals surface area contributed by atoms with E-state index in [0.717, 1.165) is 5.56 Å². The number of nitrogens with zero attached hydrogens (tertiary/aromatic N) is 1. The molecule has 0 saturated heterocycles. The average Bonchev–Trinajstić information content (AvgIpc) is 2.49. The molecule has 4 nitrogen and oxygen atoms in total. The Balaban J connectivity index is 2.27. The summed E-state index contributed by atoms with van der Waals surface area (Å²) in [5.41, 5.74) is 1.21. The van der Waals surface area contributed by atoms with Crippen LogP contribution in [0, 0.1) is 0 Å². The first-order valence-electron chi connectivity index (χ1n) is 6.62. The molecule has 0 heterocycles. The van der Waals surface area contributed by atoms with Gasteiger partial charge in [-0.1, -0.05) is 35.9 Å². The average molecular weight is 338 g/mol. The number of hydrogen-bond acceptors (Lipinski definition) is 3. The van der Waals surface area contributed by atoms with Gasteiger partial charge in [0.1, 0.15) is 0 Å². The van der Waals surface area contributed by atoms with Gasteiger partial charge in [-0.2, -0.15) is 4.31 Å². The second kappa shape index (κ2) is 6.60. The molecule has 2 aromatic rings. The minimum atomic E-state index is -3.66. The standard InChI is InChI=1S/C16H16ClNO3S/c1-12(19)14-4-3-5-16(10-14)22(20,21)18(2)11-13-6-8-15(17)9-7-13/h3-10H,11H2,1-2H3. The third-order valence-electron chi connectivity index (χ3n) is 3.27. The lowest BCUT2D eigenvalue weighted by atomic mass is 10.2. The van der Waals surface area contributed by atoms with Crippen LogP contribution in [-0.4, -0.2) is 25.6 Å². The van der Waals surface area contributed by atoms with Crippen molar-refractivity contribution in [2.24, 2.45) is 0 Å². The smallest absolute Gasteiger partial charge is 0.243 e. The number of halogens is 1. The van der Waals surface area contributed by atoms with E-state index in [-0.39, 0.29) is 17.2 Å². The van der Waals surface area contributed by atoms with Crippen LogP contribution in [0.1, 0.15) is 22.8 Å². The fourth-order valence-corrected chi connectivity index (χ4v) is 3.32. The van der Waals surface area contributed by atoms with E-state index in [1.807, 2.05) is 0 Å². The highest BCUT2D eigenvalue weighted by Crippen LogP contribution is 2.19. The Morgan fingerprint density at radius 2 is 1.77 bits per heavy atom. The van der Waals surface area contributed by atoms with Crippen LogP contribution >= 0.6 is 11.6 Å². The Bertz CT molecular complexity index is 785. The maximum atomic E-state index is 12.6. The van der Waals surface area contributed by atoms with Crippen LogP contribution in [0.5, 0.6) is 0 Å². The monoisotopic (exact) mass is 337 g/mol. The van der Waals surface area contributed by atoms with E-state index in [1.165, 1.54) is 30.4 Å². The van der Waals surface area contributed by atoms with Gasteiger partial charge in [0.2, 0.25) is 10.0 Å². The van der Waals surface area contributed by atoms with Gasteiger partial charge in [-0.3, -0.25) is 4.79 Å². The van der Waals surface area contributed by atoms with Crippen LogP contribution < -0.4 is 0 Å². The van der Waals surface area contributed by atoms with Gasteiger partial charge >= 0.3 is 0 Å². The number of carbonyl (C=O) groups is 1. The van der Waals surface area contributed by atoms with E-state index in [2.05, 4.69) is 0 Å². The zero-order chi connectivity index (χ0) is 16.3. The summed E-state index contributed by atoms with van der Waals surface area (Å²) in [7, 11) is -2.15. The van der Waals surface area contributed by atoms with Crippen LogP contribution in [-0.2, 0) is 16.6 Å². The van der Waals surface area contributed by atoms with Crippen molar-refractivity contribution in [2.75, 3.05) is 7.05 Å². The van der Waals surface area contributed by atoms with E-state index in [4.69, 9.17) is 11.6 Å². The van der Waals surface area contributed by atoms with Gasteiger partial charge in [-0.25, -0.2) is 8.42 Å². The molecule has 2 rings (SSSR count). The number of hydrogen-bond donors (Lipinski definition) is 0. The summed E-state index contributed by atoms with van der Waals surface area (Å²) in [5, 5.41) is 0.600. The fourth-order valence-electron chi connectivity index (χ4n) is 1.99. The Morgan fingerprint density at radius 1 is 1.14 bits per heavy atom. The van der Waals surface area contributed by atoms with Gasteiger partial charge in [-0.05, 0) is 36.8 Å². The first-order chi connectivity index (χ1) is 10.3. The topological polar surface area (TPSA) is 54.5 Å². The number of ketones is 1. The molecule has 0 aliphatic carbocycles. The van der Waals surface area contributed by atoms with Crippen LogP contribution in [0.4, 0.5) is 0 Å². The Labute approximate surface area is 135 Å². The minimum absolute atomic E-state index is 0.108. The van der Waals surface area contributed by atoms with E-state index >= 15 is 0 Å². The second-order valence-corrected chi connectivity index (χ2v) is 7.45. The van der Waals surface area contributed by atoms with Crippen molar-refractivity contribution >= 4 is 27.4 Å². The highest BCUT2D eigenvalue weighted by Gasteiger charge is 2.21. The van der Waals surface area contributed by atoms with Crippen LogP contribution in [0.25, 0.3) is 0 Å². The Hall–Kier alpha value is -1.69. The Morgan fingerprint density at radius 3 is 2.36 bits per heavy atom. The van der Waals surface area contributed by atoms with Crippen molar-refractivity contribution in [3.63, 3.8) is 0 Å². The molecule has 0 atom stereocenters. The predicted molar refractivity (Wildman–Crippen MR) is 86.6 cm³/mol. The molecule has 0 N–H and O–H groups in total. The van der Waals surface area contributed by atoms with Crippen molar-refractivity contribution in [3.8, 4) is 0 Å². The first-order valence-corrected chi connectivity index (χ1v) is 8.44. The summed E-state index contributed by atoms with van der Waals surface area (Å²) in [4.78, 5) is 11.5. The molecule has 22 heavy (non-hydrogen) atoms. The largest absolute Gasteiger partial charge is 0.295 e. The first kappa shape index (κ1) is 16.7. The summed E-state index contributed by atoms with van der Waals surface area (Å²) in [6.45, 7) is 1.63. The third-order valence-corrected chi connectivity index (χ3v) is 5.32. The summed E-state index contributed by atoms with van der Waals surface area (Å²) in [6.07, 6.45) is 0. The van der Waals surface area contributed by atoms with E-state index in [0.29, 0.717) is 10.6 Å². The van der Waals surface area contributed by atoms with Crippen molar-refractivity contribution in [1.29, 1.82) is 0 Å². The zero-order valence-corrected chi connectivity index (χ0v) is 13.9. The van der Waals surface area contributed by atoms with Gasteiger partial charge in [0, 0.05) is 24.2 Å². The van der Waals surface area contributed by atoms with Crippen LogP contribution in [0.15, 0.2) is 53.4 Å². The lowest BCUT2D eigenvalue weighted by Gasteiger charge is -2.17. The molecule has 0 amide bonds. The van der Waals surface area contributed by atoms with Crippen LogP contribution in [0.3, 0.4) is 0 Å². The molecule has 0 aromatic heterocycles. The summed E-state index contributed by atoms with van der Waals surface area (Å²) in [6, 6.07) is 13.0. The normalized spacial score (nSPS) is 11.6. The SMILES string of the molecule is CC(=O)c1cccc(S(=O)(=O)N(C)Cc2ccc(Cl)cc2)c1. The summed E-state index contributed by atoms with van der Waals surface area (Å²) >= 11 is 5.82. The number of Topliss-reactive ketones (excluding diaryl/α,β-unsaturated/α-hetero) is 1. The highest BCUT2D eigenvalue weighted by atomic mass is 35.5. The summed E-state index contributed by atoms with van der Waals surface area (Å²) in [5.74, 6) is -0.169. The minimum Gasteiger partial charge on any atom is -0.295 e. The quantitative estimate of drug-likeness (QED) is 0.786. The third kappa shape index (κ3) is 3.74. The molecule has 116 valence electrons. The number of rotatable bonds is 5. The fraction of sp³-hybridized carbons (Fsp3) is 0.188. The molecule has 0 saturated carbocycles. The van der Waals surface area contributed by atoms with Crippen molar-refractivity contribution in [3.05, 3.63) is 64.7 Å². The molecule has 0 bridgehead atoms. The molecule has 0 fully saturated rings. The van der Waals surface area contributed by atoms with E-state index in [1.54, 1.807) is 36.4 Å². The van der Waals surface area contributed by atoms with E-state index in [9.17, 15) is 13.2 Å². The van der Waals surface area contributed by atoms with Crippen molar-refractivity contribution < 1.29 is 13.2 Å².